The first kappa shape index (κ1) is 16.6. The Labute approximate surface area is 66.6 Å². The fourth-order valence-corrected chi connectivity index (χ4v) is 0.596. The molecule has 0 saturated heterocycles. The molecule has 0 aliphatic rings. The molecule has 0 fully saturated rings. The molecule has 0 aliphatic heterocycles. The van der Waals surface area contributed by atoms with E-state index in [0.717, 1.165) is 5.56 Å². The van der Waals surface area contributed by atoms with Crippen molar-refractivity contribution < 1.29 is 16.4 Å². The van der Waals surface area contributed by atoms with Crippen molar-refractivity contribution in [1.29, 1.82) is 0 Å². The smallest absolute Gasteiger partial charge is 0.870 e. The van der Waals surface area contributed by atoms with Crippen molar-refractivity contribution in [2.24, 2.45) is 0 Å². The summed E-state index contributed by atoms with van der Waals surface area (Å²) >= 11 is 0. The van der Waals surface area contributed by atoms with Crippen LogP contribution in [0.25, 0.3) is 0 Å². The minimum atomic E-state index is 0. The Kier molecular flexibility index (Phi) is 13.7. The third kappa shape index (κ3) is 5.54. The van der Waals surface area contributed by atoms with Crippen molar-refractivity contribution in [1.82, 2.24) is 0 Å². The molecule has 0 radical (unpaired) electrons. The fraction of sp³-hybridized carbons (Fsp3) is 0.125. The van der Waals surface area contributed by atoms with Crippen LogP contribution in [0.3, 0.4) is 0 Å². The molecule has 0 aliphatic carbocycles. The molecular formula is C8H10O3. The van der Waals surface area contributed by atoms with Crippen molar-refractivity contribution in [3.8, 4) is 0 Å². The van der Waals surface area contributed by atoms with E-state index in [0.29, 0.717) is 6.42 Å². The van der Waals surface area contributed by atoms with Crippen LogP contribution in [0.15, 0.2) is 30.3 Å². The van der Waals surface area contributed by atoms with Crippen LogP contribution in [0.1, 0.15) is 5.56 Å². The van der Waals surface area contributed by atoms with E-state index >= 15 is 0 Å². The van der Waals surface area contributed by atoms with E-state index in [1.165, 1.54) is 0 Å². The molecular weight excluding hydrogens is 144 g/mol. The van der Waals surface area contributed by atoms with Gasteiger partial charge in [-0.3, -0.25) is 0 Å². The van der Waals surface area contributed by atoms with Crippen molar-refractivity contribution in [2.75, 3.05) is 0 Å². The van der Waals surface area contributed by atoms with E-state index in [2.05, 4.69) is 0 Å². The molecule has 0 heterocycles. The molecule has 0 spiro atoms. The van der Waals surface area contributed by atoms with E-state index in [4.69, 9.17) is 6.92 Å². The summed E-state index contributed by atoms with van der Waals surface area (Å²) in [6.45, 7) is 6.94. The Morgan fingerprint density at radius 1 is 0.909 bits per heavy atom. The summed E-state index contributed by atoms with van der Waals surface area (Å²) in [5.41, 5.74) is 1.08. The number of benzene rings is 1. The van der Waals surface area contributed by atoms with Crippen molar-refractivity contribution in [3.05, 3.63) is 42.8 Å². The molecule has 3 nitrogen and oxygen atoms in total. The van der Waals surface area contributed by atoms with Gasteiger partial charge in [-0.05, 0) is 0 Å². The average Bonchev–Trinajstić information content (AvgIpc) is 1.90. The molecule has 1 aromatic carbocycles. The SMILES string of the molecule is [C+3]Cc1ccccc1.[OH-].[OH-].[OH-]. The molecule has 3 heteroatoms. The van der Waals surface area contributed by atoms with Crippen LogP contribution < -0.4 is 0 Å². The van der Waals surface area contributed by atoms with E-state index in [-0.39, 0.29) is 16.4 Å². The summed E-state index contributed by atoms with van der Waals surface area (Å²) in [5, 5.41) is 0. The molecule has 1 aromatic rings. The van der Waals surface area contributed by atoms with E-state index in [1.54, 1.807) is 0 Å². The second-order valence-electron chi connectivity index (χ2n) is 1.66. The molecule has 0 atom stereocenters. The van der Waals surface area contributed by atoms with E-state index < -0.39 is 0 Å². The Hall–Kier alpha value is -0.900. The molecule has 3 N–H and O–H groups in total. The van der Waals surface area contributed by atoms with Crippen LogP contribution >= 0.6 is 0 Å². The zero-order valence-corrected chi connectivity index (χ0v) is 5.94. The number of hydrogen-bond acceptors (Lipinski definition) is 3. The van der Waals surface area contributed by atoms with Gasteiger partial charge in [0.15, 0.2) is 0 Å². The van der Waals surface area contributed by atoms with Crippen molar-refractivity contribution in [3.63, 3.8) is 0 Å². The molecule has 60 valence electrons. The molecule has 0 aromatic heterocycles. The maximum atomic E-state index is 6.94. The zero-order chi connectivity index (χ0) is 5.82. The predicted molar refractivity (Wildman–Crippen MR) is 39.2 cm³/mol. The normalized spacial score (nSPS) is 6.73. The standard InChI is InChI=1S/C8H7.3H2O/c1-2-8-6-4-3-5-7-8;;;/h3-7H,2H2;3*1H2/q+3;;;/p-3. The summed E-state index contributed by atoms with van der Waals surface area (Å²) < 4.78 is 0. The van der Waals surface area contributed by atoms with Gasteiger partial charge in [0.05, 0.1) is 0 Å². The number of rotatable bonds is 1. The van der Waals surface area contributed by atoms with Gasteiger partial charge in [-0.1, -0.05) is 0 Å². The first-order chi connectivity index (χ1) is 3.93. The molecule has 0 bridgehead atoms. The average molecular weight is 154 g/mol. The third-order valence-electron chi connectivity index (χ3n) is 1.05. The van der Waals surface area contributed by atoms with Crippen LogP contribution in [0.5, 0.6) is 0 Å². The number of hydrogen-bond donors (Lipinski definition) is 0. The zero-order valence-electron chi connectivity index (χ0n) is 5.94. The van der Waals surface area contributed by atoms with Crippen LogP contribution in [-0.4, -0.2) is 16.4 Å². The van der Waals surface area contributed by atoms with Crippen molar-refractivity contribution in [2.45, 2.75) is 6.42 Å². The van der Waals surface area contributed by atoms with Gasteiger partial charge in [0.1, 0.15) is 0 Å². The Morgan fingerprint density at radius 3 is 1.64 bits per heavy atom. The quantitative estimate of drug-likeness (QED) is 0.610. The second-order valence-corrected chi connectivity index (χ2v) is 1.66. The minimum absolute atomic E-state index is 0. The topological polar surface area (TPSA) is 90.0 Å². The second kappa shape index (κ2) is 9.10. The van der Waals surface area contributed by atoms with Crippen LogP contribution in [0.4, 0.5) is 0 Å². The Morgan fingerprint density at radius 2 is 1.36 bits per heavy atom. The van der Waals surface area contributed by atoms with Crippen molar-refractivity contribution >= 4 is 0 Å². The molecule has 11 heavy (non-hydrogen) atoms. The van der Waals surface area contributed by atoms with Gasteiger partial charge in [-0.15, -0.1) is 0 Å². The van der Waals surface area contributed by atoms with Crippen LogP contribution in [0.2, 0.25) is 0 Å². The Bertz CT molecular complexity index is 151. The summed E-state index contributed by atoms with van der Waals surface area (Å²) in [6, 6.07) is 9.76. The molecule has 0 amide bonds. The fourth-order valence-electron chi connectivity index (χ4n) is 0.596. The largest absolute Gasteiger partial charge is 0.870 e. The van der Waals surface area contributed by atoms with Crippen LogP contribution in [0, 0.1) is 6.92 Å². The monoisotopic (exact) mass is 154 g/mol. The van der Waals surface area contributed by atoms with Gasteiger partial charge in [-0.2, -0.15) is 0 Å². The summed E-state index contributed by atoms with van der Waals surface area (Å²) in [6.07, 6.45) is 0.390. The van der Waals surface area contributed by atoms with Gasteiger partial charge in [0.2, 0.25) is 0 Å². The van der Waals surface area contributed by atoms with E-state index in [9.17, 15) is 0 Å². The maximum absolute atomic E-state index is 6.94. The third-order valence-corrected chi connectivity index (χ3v) is 1.05. The Balaban J connectivity index is -0.000000213. The summed E-state index contributed by atoms with van der Waals surface area (Å²) in [4.78, 5) is 0. The first-order valence-electron chi connectivity index (χ1n) is 2.62. The minimum Gasteiger partial charge on any atom is -0.870 e. The first-order valence-corrected chi connectivity index (χ1v) is 2.62. The van der Waals surface area contributed by atoms with Gasteiger partial charge in [0.25, 0.3) is 0 Å². The summed E-state index contributed by atoms with van der Waals surface area (Å²) in [5.74, 6) is 0. The van der Waals surface area contributed by atoms with Gasteiger partial charge in [-0.25, -0.2) is 0 Å². The predicted octanol–water partition coefficient (Wildman–Crippen LogP) is 1.29. The van der Waals surface area contributed by atoms with Gasteiger partial charge >= 0.3 is 49.2 Å². The van der Waals surface area contributed by atoms with E-state index in [1.807, 2.05) is 30.3 Å². The molecule has 1 rings (SSSR count). The van der Waals surface area contributed by atoms with Crippen LogP contribution in [-0.2, 0) is 6.42 Å². The maximum Gasteiger partial charge on any atom is -0.870 e. The summed E-state index contributed by atoms with van der Waals surface area (Å²) in [7, 11) is 0. The van der Waals surface area contributed by atoms with Gasteiger partial charge in [0, 0.05) is 0 Å². The van der Waals surface area contributed by atoms with Gasteiger partial charge < -0.3 is 16.4 Å². The molecule has 0 saturated carbocycles. The molecule has 0 unspecified atom stereocenters.